The van der Waals surface area contributed by atoms with Crippen LogP contribution in [0.1, 0.15) is 56.3 Å². The third kappa shape index (κ3) is 3.71. The molecule has 1 aromatic heterocycles. The lowest BCUT2D eigenvalue weighted by molar-refractivity contribution is 0.0927. The highest BCUT2D eigenvalue weighted by Crippen LogP contribution is 2.19. The number of nitrogens with zero attached hydrogens (tertiary/aromatic N) is 2. The highest BCUT2D eigenvalue weighted by Gasteiger charge is 2.17. The summed E-state index contributed by atoms with van der Waals surface area (Å²) in [5.74, 6) is 0.0124. The number of hydrogen-bond acceptors (Lipinski definition) is 3. The van der Waals surface area contributed by atoms with Gasteiger partial charge < -0.3 is 10.2 Å². The van der Waals surface area contributed by atoms with Crippen LogP contribution in [0.4, 0.5) is 5.69 Å². The fraction of sp³-hybridized carbons (Fsp3) is 0.625. The first-order valence-electron chi connectivity index (χ1n) is 7.75. The number of anilines is 1. The minimum atomic E-state index is 0.0124. The molecule has 4 nitrogen and oxygen atoms in total. The SMILES string of the molecule is CCN(CC)c1cncc(C(=O)NC2CCCCC2)c1. The molecule has 1 aromatic rings. The van der Waals surface area contributed by atoms with E-state index in [-0.39, 0.29) is 5.91 Å². The molecule has 1 fully saturated rings. The van der Waals surface area contributed by atoms with Gasteiger partial charge in [0.2, 0.25) is 0 Å². The van der Waals surface area contributed by atoms with E-state index in [1.807, 2.05) is 12.3 Å². The van der Waals surface area contributed by atoms with Gasteiger partial charge in [-0.1, -0.05) is 19.3 Å². The Morgan fingerprint density at radius 2 is 1.95 bits per heavy atom. The van der Waals surface area contributed by atoms with Gasteiger partial charge >= 0.3 is 0 Å². The fourth-order valence-corrected chi connectivity index (χ4v) is 2.83. The third-order valence-corrected chi connectivity index (χ3v) is 4.05. The number of carbonyl (C=O) groups excluding carboxylic acids is 1. The number of pyridine rings is 1. The van der Waals surface area contributed by atoms with E-state index in [0.717, 1.165) is 31.6 Å². The third-order valence-electron chi connectivity index (χ3n) is 4.05. The van der Waals surface area contributed by atoms with Crippen molar-refractivity contribution in [3.05, 3.63) is 24.0 Å². The molecule has 1 saturated carbocycles. The van der Waals surface area contributed by atoms with Gasteiger partial charge in [-0.15, -0.1) is 0 Å². The molecule has 1 amide bonds. The Morgan fingerprint density at radius 1 is 1.25 bits per heavy atom. The van der Waals surface area contributed by atoms with Crippen LogP contribution in [0.25, 0.3) is 0 Å². The Hall–Kier alpha value is -1.58. The predicted octanol–water partition coefficient (Wildman–Crippen LogP) is 2.99. The zero-order valence-electron chi connectivity index (χ0n) is 12.6. The summed E-state index contributed by atoms with van der Waals surface area (Å²) < 4.78 is 0. The minimum absolute atomic E-state index is 0.0124. The largest absolute Gasteiger partial charge is 0.371 e. The van der Waals surface area contributed by atoms with Gasteiger partial charge in [-0.2, -0.15) is 0 Å². The molecule has 2 rings (SSSR count). The molecule has 1 aliphatic rings. The van der Waals surface area contributed by atoms with E-state index in [2.05, 4.69) is 29.0 Å². The Bertz CT molecular complexity index is 437. The van der Waals surface area contributed by atoms with Gasteiger partial charge in [0, 0.05) is 25.3 Å². The Kier molecular flexibility index (Phi) is 5.39. The van der Waals surface area contributed by atoms with Crippen molar-refractivity contribution in [2.24, 2.45) is 0 Å². The Balaban J connectivity index is 2.03. The van der Waals surface area contributed by atoms with Crippen molar-refractivity contribution in [3.63, 3.8) is 0 Å². The lowest BCUT2D eigenvalue weighted by atomic mass is 9.95. The second kappa shape index (κ2) is 7.27. The molecule has 0 unspecified atom stereocenters. The number of hydrogen-bond donors (Lipinski definition) is 1. The zero-order chi connectivity index (χ0) is 14.4. The molecule has 20 heavy (non-hydrogen) atoms. The molecular weight excluding hydrogens is 250 g/mol. The van der Waals surface area contributed by atoms with E-state index >= 15 is 0 Å². The molecule has 4 heteroatoms. The molecule has 0 aliphatic heterocycles. The number of carbonyl (C=O) groups is 1. The summed E-state index contributed by atoms with van der Waals surface area (Å²) in [6.07, 6.45) is 9.44. The van der Waals surface area contributed by atoms with Gasteiger partial charge in [0.1, 0.15) is 0 Å². The van der Waals surface area contributed by atoms with E-state index in [1.165, 1.54) is 19.3 Å². The number of rotatable bonds is 5. The minimum Gasteiger partial charge on any atom is -0.371 e. The highest BCUT2D eigenvalue weighted by atomic mass is 16.1. The van der Waals surface area contributed by atoms with Gasteiger partial charge in [0.15, 0.2) is 0 Å². The van der Waals surface area contributed by atoms with Crippen molar-refractivity contribution in [3.8, 4) is 0 Å². The second-order valence-corrected chi connectivity index (χ2v) is 5.41. The topological polar surface area (TPSA) is 45.2 Å². The van der Waals surface area contributed by atoms with Gasteiger partial charge in [0.05, 0.1) is 17.4 Å². The van der Waals surface area contributed by atoms with E-state index < -0.39 is 0 Å². The van der Waals surface area contributed by atoms with Crippen molar-refractivity contribution < 1.29 is 4.79 Å². The maximum atomic E-state index is 12.3. The van der Waals surface area contributed by atoms with Crippen molar-refractivity contribution in [2.75, 3.05) is 18.0 Å². The summed E-state index contributed by atoms with van der Waals surface area (Å²) in [6.45, 7) is 6.06. The van der Waals surface area contributed by atoms with Crippen LogP contribution in [0.15, 0.2) is 18.5 Å². The molecule has 0 saturated heterocycles. The molecule has 1 heterocycles. The first-order valence-corrected chi connectivity index (χ1v) is 7.75. The van der Waals surface area contributed by atoms with E-state index in [0.29, 0.717) is 11.6 Å². The molecule has 0 spiro atoms. The van der Waals surface area contributed by atoms with Gasteiger partial charge in [-0.25, -0.2) is 0 Å². The quantitative estimate of drug-likeness (QED) is 0.898. The maximum Gasteiger partial charge on any atom is 0.253 e. The summed E-state index contributed by atoms with van der Waals surface area (Å²) in [4.78, 5) is 18.7. The molecule has 0 aromatic carbocycles. The van der Waals surface area contributed by atoms with Crippen molar-refractivity contribution in [2.45, 2.75) is 52.0 Å². The molecular formula is C16H25N3O. The van der Waals surface area contributed by atoms with E-state index in [4.69, 9.17) is 0 Å². The van der Waals surface area contributed by atoms with Gasteiger partial charge in [-0.05, 0) is 32.8 Å². The van der Waals surface area contributed by atoms with Gasteiger partial charge in [0.25, 0.3) is 5.91 Å². The molecule has 0 bridgehead atoms. The predicted molar refractivity (Wildman–Crippen MR) is 82.1 cm³/mol. The average molecular weight is 275 g/mol. The van der Waals surface area contributed by atoms with Crippen LogP contribution in [0.5, 0.6) is 0 Å². The monoisotopic (exact) mass is 275 g/mol. The Labute approximate surface area is 121 Å². The number of amides is 1. The standard InChI is InChI=1S/C16H25N3O/c1-3-19(4-2)15-10-13(11-17-12-15)16(20)18-14-8-6-5-7-9-14/h10-12,14H,3-9H2,1-2H3,(H,18,20). The first-order chi connectivity index (χ1) is 9.74. The molecule has 110 valence electrons. The van der Waals surface area contributed by atoms with Crippen molar-refractivity contribution in [1.29, 1.82) is 0 Å². The zero-order valence-corrected chi connectivity index (χ0v) is 12.6. The lowest BCUT2D eigenvalue weighted by Gasteiger charge is -2.23. The molecule has 0 atom stereocenters. The summed E-state index contributed by atoms with van der Waals surface area (Å²) >= 11 is 0. The smallest absolute Gasteiger partial charge is 0.253 e. The molecule has 0 radical (unpaired) electrons. The normalized spacial score (nSPS) is 15.9. The van der Waals surface area contributed by atoms with Crippen LogP contribution in [-0.4, -0.2) is 30.0 Å². The van der Waals surface area contributed by atoms with Crippen molar-refractivity contribution in [1.82, 2.24) is 10.3 Å². The first kappa shape index (κ1) is 14.8. The number of aromatic nitrogens is 1. The Morgan fingerprint density at radius 3 is 2.60 bits per heavy atom. The van der Waals surface area contributed by atoms with Crippen LogP contribution in [0.3, 0.4) is 0 Å². The van der Waals surface area contributed by atoms with Crippen LogP contribution in [0.2, 0.25) is 0 Å². The average Bonchev–Trinajstić information content (AvgIpc) is 2.50. The second-order valence-electron chi connectivity index (χ2n) is 5.41. The summed E-state index contributed by atoms with van der Waals surface area (Å²) in [7, 11) is 0. The molecule has 1 N–H and O–H groups in total. The van der Waals surface area contributed by atoms with Crippen LogP contribution in [0, 0.1) is 0 Å². The van der Waals surface area contributed by atoms with Crippen molar-refractivity contribution >= 4 is 11.6 Å². The van der Waals surface area contributed by atoms with Crippen LogP contribution < -0.4 is 10.2 Å². The maximum absolute atomic E-state index is 12.3. The van der Waals surface area contributed by atoms with E-state index in [1.54, 1.807) is 6.20 Å². The lowest BCUT2D eigenvalue weighted by Crippen LogP contribution is -2.36. The van der Waals surface area contributed by atoms with Crippen LogP contribution >= 0.6 is 0 Å². The molecule has 1 aliphatic carbocycles. The summed E-state index contributed by atoms with van der Waals surface area (Å²) in [5, 5.41) is 3.14. The van der Waals surface area contributed by atoms with E-state index in [9.17, 15) is 4.79 Å². The fourth-order valence-electron chi connectivity index (χ4n) is 2.83. The van der Waals surface area contributed by atoms with Gasteiger partial charge in [-0.3, -0.25) is 9.78 Å². The highest BCUT2D eigenvalue weighted by molar-refractivity contribution is 5.94. The van der Waals surface area contributed by atoms with Crippen LogP contribution in [-0.2, 0) is 0 Å². The number of nitrogens with one attached hydrogen (secondary N) is 1. The summed E-state index contributed by atoms with van der Waals surface area (Å²) in [6, 6.07) is 2.28. The summed E-state index contributed by atoms with van der Waals surface area (Å²) in [5.41, 5.74) is 1.69.